The molecule has 1 aliphatic rings. The highest BCUT2D eigenvalue weighted by Crippen LogP contribution is 2.32. The van der Waals surface area contributed by atoms with Gasteiger partial charge in [0.05, 0.1) is 0 Å². The predicted molar refractivity (Wildman–Crippen MR) is 75.4 cm³/mol. The Bertz CT molecular complexity index is 566. The van der Waals surface area contributed by atoms with Crippen LogP contribution in [0.25, 0.3) is 0 Å². The maximum Gasteiger partial charge on any atom is 0.294 e. The maximum atomic E-state index is 12.2. The van der Waals surface area contributed by atoms with E-state index < -0.39 is 17.7 Å². The van der Waals surface area contributed by atoms with Crippen molar-refractivity contribution < 1.29 is 14.4 Å². The van der Waals surface area contributed by atoms with Crippen molar-refractivity contribution in [3.8, 4) is 0 Å². The fourth-order valence-electron chi connectivity index (χ4n) is 2.40. The molecule has 5 nitrogen and oxygen atoms in total. The van der Waals surface area contributed by atoms with E-state index in [1.54, 1.807) is 12.1 Å². The summed E-state index contributed by atoms with van der Waals surface area (Å²) in [6, 6.07) is 6.63. The van der Waals surface area contributed by atoms with Crippen LogP contribution in [0.4, 0.5) is 5.69 Å². The first-order valence-corrected chi connectivity index (χ1v) is 6.64. The van der Waals surface area contributed by atoms with E-state index in [0.717, 1.165) is 5.56 Å². The van der Waals surface area contributed by atoms with Crippen LogP contribution in [0, 0.1) is 0 Å². The predicted octanol–water partition coefficient (Wildman–Crippen LogP) is 1.06. The third kappa shape index (κ3) is 2.57. The minimum atomic E-state index is -0.647. The zero-order chi connectivity index (χ0) is 14.9. The van der Waals surface area contributed by atoms with E-state index in [0.29, 0.717) is 12.1 Å². The third-order valence-corrected chi connectivity index (χ3v) is 3.23. The van der Waals surface area contributed by atoms with Gasteiger partial charge >= 0.3 is 0 Å². The van der Waals surface area contributed by atoms with Gasteiger partial charge in [0.2, 0.25) is 11.7 Å². The number of carbonyl (C=O) groups is 3. The van der Waals surface area contributed by atoms with Crippen LogP contribution in [0.5, 0.6) is 0 Å². The molecule has 1 unspecified atom stereocenters. The van der Waals surface area contributed by atoms with Gasteiger partial charge in [0.15, 0.2) is 0 Å². The van der Waals surface area contributed by atoms with E-state index in [9.17, 15) is 14.4 Å². The van der Waals surface area contributed by atoms with Crippen LogP contribution in [-0.4, -0.2) is 29.7 Å². The second-order valence-electron chi connectivity index (χ2n) is 5.24. The second-order valence-corrected chi connectivity index (χ2v) is 5.24. The van der Waals surface area contributed by atoms with Crippen molar-refractivity contribution in [3.63, 3.8) is 0 Å². The average molecular weight is 274 g/mol. The van der Waals surface area contributed by atoms with E-state index in [1.807, 2.05) is 26.0 Å². The van der Waals surface area contributed by atoms with Crippen LogP contribution in [-0.2, 0) is 20.8 Å². The molecule has 1 aliphatic heterocycles. The molecule has 106 valence electrons. The number of benzene rings is 1. The number of fused-ring (bicyclic) bond motifs is 1. The van der Waals surface area contributed by atoms with Crippen LogP contribution in [0.1, 0.15) is 26.3 Å². The topological polar surface area (TPSA) is 66.5 Å². The molecular formula is C15H18N2O3. The van der Waals surface area contributed by atoms with E-state index in [-0.39, 0.29) is 11.9 Å². The number of nitrogens with zero attached hydrogens (tertiary/aromatic N) is 1. The minimum Gasteiger partial charge on any atom is -0.352 e. The molecule has 1 atom stereocenters. The number of ketones is 1. The van der Waals surface area contributed by atoms with E-state index in [1.165, 1.54) is 11.8 Å². The molecule has 1 heterocycles. The molecule has 5 heteroatoms. The zero-order valence-electron chi connectivity index (χ0n) is 11.8. The van der Waals surface area contributed by atoms with Gasteiger partial charge in [-0.2, -0.15) is 0 Å². The first-order valence-electron chi connectivity index (χ1n) is 6.64. The fourth-order valence-corrected chi connectivity index (χ4v) is 2.40. The normalized spacial score (nSPS) is 17.0. The summed E-state index contributed by atoms with van der Waals surface area (Å²) in [6.07, 6.45) is 0.438. The number of anilines is 1. The van der Waals surface area contributed by atoms with Crippen molar-refractivity contribution in [2.75, 3.05) is 4.90 Å². The summed E-state index contributed by atoms with van der Waals surface area (Å²) < 4.78 is 0. The standard InChI is InChI=1S/C15H18N2O3/c1-9(2)16-14(19)13-8-11-6-4-5-7-12(11)17(13)15(20)10(3)18/h4-7,9,13H,8H2,1-3H3,(H,16,19). The van der Waals surface area contributed by atoms with Crippen LogP contribution in [0.15, 0.2) is 24.3 Å². The summed E-state index contributed by atoms with van der Waals surface area (Å²) in [5, 5.41) is 2.80. The van der Waals surface area contributed by atoms with Gasteiger partial charge in [0.1, 0.15) is 6.04 Å². The van der Waals surface area contributed by atoms with Crippen LogP contribution >= 0.6 is 0 Å². The molecule has 2 rings (SSSR count). The Morgan fingerprint density at radius 1 is 1.25 bits per heavy atom. The van der Waals surface area contributed by atoms with Crippen molar-refractivity contribution >= 4 is 23.3 Å². The summed E-state index contributed by atoms with van der Waals surface area (Å²) in [7, 11) is 0. The number of carbonyl (C=O) groups excluding carboxylic acids is 3. The number of nitrogens with one attached hydrogen (secondary N) is 1. The molecule has 1 aromatic carbocycles. The molecule has 0 aromatic heterocycles. The lowest BCUT2D eigenvalue weighted by Crippen LogP contribution is -2.51. The van der Waals surface area contributed by atoms with E-state index in [4.69, 9.17) is 0 Å². The molecule has 0 radical (unpaired) electrons. The number of hydrogen-bond donors (Lipinski definition) is 1. The van der Waals surface area contributed by atoms with E-state index in [2.05, 4.69) is 5.32 Å². The van der Waals surface area contributed by atoms with Gasteiger partial charge in [-0.25, -0.2) is 0 Å². The summed E-state index contributed by atoms with van der Waals surface area (Å²) in [4.78, 5) is 37.1. The first-order chi connectivity index (χ1) is 9.41. The van der Waals surface area contributed by atoms with E-state index >= 15 is 0 Å². The first kappa shape index (κ1) is 14.2. The Balaban J connectivity index is 2.36. The lowest BCUT2D eigenvalue weighted by Gasteiger charge is -2.24. The summed E-state index contributed by atoms with van der Waals surface area (Å²) in [5.41, 5.74) is 1.56. The van der Waals surface area contributed by atoms with Gasteiger partial charge in [-0.1, -0.05) is 18.2 Å². The highest BCUT2D eigenvalue weighted by molar-refractivity contribution is 6.41. The number of rotatable bonds is 3. The Labute approximate surface area is 118 Å². The van der Waals surface area contributed by atoms with Crippen LogP contribution in [0.2, 0.25) is 0 Å². The summed E-state index contributed by atoms with van der Waals surface area (Å²) >= 11 is 0. The van der Waals surface area contributed by atoms with Crippen molar-refractivity contribution in [2.24, 2.45) is 0 Å². The third-order valence-electron chi connectivity index (χ3n) is 3.23. The van der Waals surface area contributed by atoms with Gasteiger partial charge in [-0.05, 0) is 25.5 Å². The van der Waals surface area contributed by atoms with Crippen molar-refractivity contribution in [2.45, 2.75) is 39.3 Å². The zero-order valence-corrected chi connectivity index (χ0v) is 11.8. The molecule has 0 fully saturated rings. The highest BCUT2D eigenvalue weighted by atomic mass is 16.2. The van der Waals surface area contributed by atoms with Gasteiger partial charge in [0.25, 0.3) is 5.91 Å². The second kappa shape index (κ2) is 5.45. The maximum absolute atomic E-state index is 12.2. The quantitative estimate of drug-likeness (QED) is 0.838. The number of para-hydroxylation sites is 1. The largest absolute Gasteiger partial charge is 0.352 e. The summed E-state index contributed by atoms with van der Waals surface area (Å²) in [5.74, 6) is -1.44. The number of amides is 2. The average Bonchev–Trinajstić information content (AvgIpc) is 2.76. The fraction of sp³-hybridized carbons (Fsp3) is 0.400. The summed E-state index contributed by atoms with van der Waals surface area (Å²) in [6.45, 7) is 4.94. The van der Waals surface area contributed by atoms with Gasteiger partial charge in [-0.15, -0.1) is 0 Å². The van der Waals surface area contributed by atoms with Gasteiger partial charge < -0.3 is 5.32 Å². The van der Waals surface area contributed by atoms with Gasteiger partial charge in [-0.3, -0.25) is 19.3 Å². The number of hydrogen-bond acceptors (Lipinski definition) is 3. The van der Waals surface area contributed by atoms with Gasteiger partial charge in [0, 0.05) is 25.1 Å². The molecule has 20 heavy (non-hydrogen) atoms. The number of Topliss-reactive ketones (excluding diaryl/α,β-unsaturated/α-hetero) is 1. The smallest absolute Gasteiger partial charge is 0.294 e. The SMILES string of the molecule is CC(=O)C(=O)N1c2ccccc2CC1C(=O)NC(C)C. The lowest BCUT2D eigenvalue weighted by atomic mass is 10.1. The molecular weight excluding hydrogens is 256 g/mol. The molecule has 0 saturated carbocycles. The van der Waals surface area contributed by atoms with Crippen molar-refractivity contribution in [1.82, 2.24) is 5.32 Å². The highest BCUT2D eigenvalue weighted by Gasteiger charge is 2.39. The lowest BCUT2D eigenvalue weighted by molar-refractivity contribution is -0.136. The van der Waals surface area contributed by atoms with Crippen LogP contribution < -0.4 is 10.2 Å². The monoisotopic (exact) mass is 274 g/mol. The molecule has 0 saturated heterocycles. The Morgan fingerprint density at radius 2 is 1.90 bits per heavy atom. The molecule has 2 amide bonds. The molecule has 0 spiro atoms. The molecule has 1 N–H and O–H groups in total. The minimum absolute atomic E-state index is 0.0134. The van der Waals surface area contributed by atoms with Crippen molar-refractivity contribution in [3.05, 3.63) is 29.8 Å². The molecule has 0 aliphatic carbocycles. The Hall–Kier alpha value is -2.17. The van der Waals surface area contributed by atoms with Crippen LogP contribution in [0.3, 0.4) is 0 Å². The van der Waals surface area contributed by atoms with Crippen molar-refractivity contribution in [1.29, 1.82) is 0 Å². The molecule has 1 aromatic rings. The Morgan fingerprint density at radius 3 is 2.50 bits per heavy atom. The molecule has 0 bridgehead atoms. The Kier molecular flexibility index (Phi) is 3.88.